The van der Waals surface area contributed by atoms with E-state index in [1.54, 1.807) is 7.11 Å². The largest absolute Gasteiger partial charge is 0.497 e. The van der Waals surface area contributed by atoms with Crippen LogP contribution < -0.4 is 10.1 Å². The number of nitrogens with one attached hydrogen (secondary N) is 1. The van der Waals surface area contributed by atoms with Gasteiger partial charge in [-0.25, -0.2) is 0 Å². The molecule has 3 aromatic rings. The average molecular weight is 278 g/mol. The molecular weight excluding hydrogens is 260 g/mol. The summed E-state index contributed by atoms with van der Waals surface area (Å²) in [5.74, 6) is 0.869. The standard InChI is InChI=1S/C18H18N2O/c1-19-18(13-7-9-14(21-2)10-8-13)16-11-12-20-17-6-4-3-5-15(16)17/h3-12,18-19H,1-2H3. The lowest BCUT2D eigenvalue weighted by molar-refractivity contribution is 0.414. The van der Waals surface area contributed by atoms with E-state index < -0.39 is 0 Å². The molecule has 0 aliphatic carbocycles. The third kappa shape index (κ3) is 2.60. The van der Waals surface area contributed by atoms with Gasteiger partial charge in [0.05, 0.1) is 18.7 Å². The van der Waals surface area contributed by atoms with E-state index in [0.29, 0.717) is 0 Å². The number of aromatic nitrogens is 1. The molecule has 0 aliphatic heterocycles. The Balaban J connectivity index is 2.09. The van der Waals surface area contributed by atoms with Crippen LogP contribution in [0.2, 0.25) is 0 Å². The topological polar surface area (TPSA) is 34.1 Å². The Hall–Kier alpha value is -2.39. The second-order valence-corrected chi connectivity index (χ2v) is 4.91. The Morgan fingerprint density at radius 1 is 1.00 bits per heavy atom. The van der Waals surface area contributed by atoms with E-state index in [-0.39, 0.29) is 6.04 Å². The van der Waals surface area contributed by atoms with Crippen LogP contribution in [0.25, 0.3) is 10.9 Å². The van der Waals surface area contributed by atoms with Crippen molar-refractivity contribution in [3.05, 3.63) is 71.9 Å². The Bertz CT molecular complexity index is 732. The van der Waals surface area contributed by atoms with Crippen LogP contribution in [0.3, 0.4) is 0 Å². The van der Waals surface area contributed by atoms with Crippen molar-refractivity contribution in [2.24, 2.45) is 0 Å². The minimum absolute atomic E-state index is 0.129. The molecule has 3 rings (SSSR count). The summed E-state index contributed by atoms with van der Waals surface area (Å²) in [6.45, 7) is 0. The second kappa shape index (κ2) is 5.94. The molecule has 1 N–H and O–H groups in total. The quantitative estimate of drug-likeness (QED) is 0.792. The Labute approximate surface area is 124 Å². The number of hydrogen-bond donors (Lipinski definition) is 1. The molecule has 0 radical (unpaired) electrons. The van der Waals surface area contributed by atoms with Crippen molar-refractivity contribution in [1.82, 2.24) is 10.3 Å². The minimum Gasteiger partial charge on any atom is -0.497 e. The fraction of sp³-hybridized carbons (Fsp3) is 0.167. The number of hydrogen-bond acceptors (Lipinski definition) is 3. The van der Waals surface area contributed by atoms with Crippen LogP contribution in [-0.4, -0.2) is 19.1 Å². The number of benzene rings is 2. The first-order chi connectivity index (χ1) is 10.3. The van der Waals surface area contributed by atoms with Crippen molar-refractivity contribution in [2.75, 3.05) is 14.2 Å². The van der Waals surface area contributed by atoms with Crippen LogP contribution in [0.5, 0.6) is 5.75 Å². The van der Waals surface area contributed by atoms with Crippen molar-refractivity contribution < 1.29 is 4.74 Å². The normalized spacial score (nSPS) is 12.3. The Morgan fingerprint density at radius 3 is 2.48 bits per heavy atom. The van der Waals surface area contributed by atoms with E-state index in [4.69, 9.17) is 4.74 Å². The molecule has 2 aromatic carbocycles. The van der Waals surface area contributed by atoms with Crippen LogP contribution >= 0.6 is 0 Å². The first-order valence-electron chi connectivity index (χ1n) is 6.98. The van der Waals surface area contributed by atoms with Crippen molar-refractivity contribution in [3.8, 4) is 5.75 Å². The smallest absolute Gasteiger partial charge is 0.118 e. The van der Waals surface area contributed by atoms with Gasteiger partial charge in [0, 0.05) is 11.6 Å². The predicted molar refractivity (Wildman–Crippen MR) is 85.6 cm³/mol. The molecule has 0 fully saturated rings. The van der Waals surface area contributed by atoms with Gasteiger partial charge < -0.3 is 10.1 Å². The van der Waals surface area contributed by atoms with Crippen LogP contribution in [-0.2, 0) is 0 Å². The predicted octanol–water partition coefficient (Wildman–Crippen LogP) is 3.55. The summed E-state index contributed by atoms with van der Waals surface area (Å²) in [5, 5.41) is 4.57. The zero-order chi connectivity index (χ0) is 14.7. The van der Waals surface area contributed by atoms with E-state index in [1.165, 1.54) is 16.5 Å². The van der Waals surface area contributed by atoms with Gasteiger partial charge in [-0.15, -0.1) is 0 Å². The summed E-state index contributed by atoms with van der Waals surface area (Å²) in [4.78, 5) is 4.43. The number of nitrogens with zero attached hydrogens (tertiary/aromatic N) is 1. The lowest BCUT2D eigenvalue weighted by Gasteiger charge is -2.19. The number of rotatable bonds is 4. The van der Waals surface area contributed by atoms with Gasteiger partial charge in [0.2, 0.25) is 0 Å². The van der Waals surface area contributed by atoms with Gasteiger partial charge in [-0.3, -0.25) is 4.98 Å². The molecule has 0 spiro atoms. The fourth-order valence-corrected chi connectivity index (χ4v) is 2.67. The van der Waals surface area contributed by atoms with Crippen LogP contribution in [0.4, 0.5) is 0 Å². The number of ether oxygens (including phenoxy) is 1. The molecule has 3 nitrogen and oxygen atoms in total. The average Bonchev–Trinajstić information content (AvgIpc) is 2.56. The van der Waals surface area contributed by atoms with Crippen LogP contribution in [0.15, 0.2) is 60.8 Å². The lowest BCUT2D eigenvalue weighted by atomic mass is 9.96. The minimum atomic E-state index is 0.129. The summed E-state index contributed by atoms with van der Waals surface area (Å²) < 4.78 is 5.23. The molecule has 1 atom stereocenters. The number of para-hydroxylation sites is 1. The third-order valence-electron chi connectivity index (χ3n) is 3.73. The highest BCUT2D eigenvalue weighted by Gasteiger charge is 2.15. The zero-order valence-corrected chi connectivity index (χ0v) is 12.2. The molecule has 1 aromatic heterocycles. The molecular formula is C18H18N2O. The highest BCUT2D eigenvalue weighted by molar-refractivity contribution is 5.82. The molecule has 1 unspecified atom stereocenters. The second-order valence-electron chi connectivity index (χ2n) is 4.91. The van der Waals surface area contributed by atoms with E-state index in [0.717, 1.165) is 11.3 Å². The SMILES string of the molecule is CNC(c1ccc(OC)cc1)c1ccnc2ccccc12. The van der Waals surface area contributed by atoms with Gasteiger partial charge in [-0.05, 0) is 42.4 Å². The molecule has 0 bridgehead atoms. The van der Waals surface area contributed by atoms with Crippen LogP contribution in [0, 0.1) is 0 Å². The molecule has 0 aliphatic rings. The first-order valence-corrected chi connectivity index (χ1v) is 6.98. The van der Waals surface area contributed by atoms with E-state index in [1.807, 2.05) is 43.6 Å². The molecule has 0 saturated carbocycles. The monoisotopic (exact) mass is 278 g/mol. The van der Waals surface area contributed by atoms with Crippen molar-refractivity contribution in [3.63, 3.8) is 0 Å². The maximum absolute atomic E-state index is 5.23. The lowest BCUT2D eigenvalue weighted by Crippen LogP contribution is -2.18. The van der Waals surface area contributed by atoms with Crippen molar-refractivity contribution >= 4 is 10.9 Å². The highest BCUT2D eigenvalue weighted by Crippen LogP contribution is 2.28. The van der Waals surface area contributed by atoms with Gasteiger partial charge >= 0.3 is 0 Å². The van der Waals surface area contributed by atoms with Crippen LogP contribution in [0.1, 0.15) is 17.2 Å². The molecule has 3 heteroatoms. The Morgan fingerprint density at radius 2 is 1.76 bits per heavy atom. The number of methoxy groups -OCH3 is 1. The first kappa shape index (κ1) is 13.6. The molecule has 106 valence electrons. The van der Waals surface area contributed by atoms with Gasteiger partial charge in [-0.1, -0.05) is 30.3 Å². The molecule has 1 heterocycles. The van der Waals surface area contributed by atoms with E-state index in [9.17, 15) is 0 Å². The van der Waals surface area contributed by atoms with Gasteiger partial charge in [0.1, 0.15) is 5.75 Å². The third-order valence-corrected chi connectivity index (χ3v) is 3.73. The number of pyridine rings is 1. The van der Waals surface area contributed by atoms with Crippen molar-refractivity contribution in [1.29, 1.82) is 0 Å². The molecule has 0 saturated heterocycles. The maximum atomic E-state index is 5.23. The summed E-state index contributed by atoms with van der Waals surface area (Å²) in [7, 11) is 3.66. The van der Waals surface area contributed by atoms with Gasteiger partial charge in [0.15, 0.2) is 0 Å². The van der Waals surface area contributed by atoms with Crippen molar-refractivity contribution in [2.45, 2.75) is 6.04 Å². The summed E-state index contributed by atoms with van der Waals surface area (Å²) in [6, 6.07) is 18.6. The van der Waals surface area contributed by atoms with E-state index in [2.05, 4.69) is 34.6 Å². The summed E-state index contributed by atoms with van der Waals surface area (Å²) in [5.41, 5.74) is 3.45. The highest BCUT2D eigenvalue weighted by atomic mass is 16.5. The summed E-state index contributed by atoms with van der Waals surface area (Å²) >= 11 is 0. The molecule has 0 amide bonds. The van der Waals surface area contributed by atoms with Gasteiger partial charge in [-0.2, -0.15) is 0 Å². The van der Waals surface area contributed by atoms with E-state index >= 15 is 0 Å². The summed E-state index contributed by atoms with van der Waals surface area (Å²) in [6.07, 6.45) is 1.87. The fourth-order valence-electron chi connectivity index (χ4n) is 2.67. The van der Waals surface area contributed by atoms with Gasteiger partial charge in [0.25, 0.3) is 0 Å². The number of fused-ring (bicyclic) bond motifs is 1. The maximum Gasteiger partial charge on any atom is 0.118 e. The molecule has 21 heavy (non-hydrogen) atoms. The zero-order valence-electron chi connectivity index (χ0n) is 12.2. The Kier molecular flexibility index (Phi) is 3.84.